The summed E-state index contributed by atoms with van der Waals surface area (Å²) in [6.07, 6.45) is 0.646. The van der Waals surface area contributed by atoms with Gasteiger partial charge in [-0.05, 0) is 49.6 Å². The smallest absolute Gasteiger partial charge is 0.183 e. The van der Waals surface area contributed by atoms with Crippen molar-refractivity contribution >= 4 is 9.84 Å². The molecule has 18 heavy (non-hydrogen) atoms. The van der Waals surface area contributed by atoms with Gasteiger partial charge in [0.2, 0.25) is 0 Å². The van der Waals surface area contributed by atoms with E-state index in [0.717, 1.165) is 23.2 Å². The molecule has 1 aliphatic rings. The number of sulfone groups is 1. The van der Waals surface area contributed by atoms with Crippen LogP contribution in [0.3, 0.4) is 0 Å². The van der Waals surface area contributed by atoms with Gasteiger partial charge in [0.25, 0.3) is 0 Å². The summed E-state index contributed by atoms with van der Waals surface area (Å²) in [5.41, 5.74) is 3.15. The first kappa shape index (κ1) is 13.6. The molecule has 1 aliphatic heterocycles. The molecule has 2 rings (SSSR count). The first-order chi connectivity index (χ1) is 8.43. The molecule has 0 bridgehead atoms. The third kappa shape index (κ3) is 1.88. The van der Waals surface area contributed by atoms with E-state index in [1.165, 1.54) is 0 Å². The first-order valence-electron chi connectivity index (χ1n) is 6.51. The Morgan fingerprint density at radius 2 is 1.78 bits per heavy atom. The molecule has 0 saturated heterocycles. The molecule has 0 radical (unpaired) electrons. The van der Waals surface area contributed by atoms with Crippen molar-refractivity contribution in [3.63, 3.8) is 0 Å². The van der Waals surface area contributed by atoms with Crippen LogP contribution in [0.1, 0.15) is 43.0 Å². The van der Waals surface area contributed by atoms with Crippen molar-refractivity contribution in [2.24, 2.45) is 0 Å². The maximum Gasteiger partial charge on any atom is 0.183 e. The molecule has 0 aliphatic carbocycles. The van der Waals surface area contributed by atoms with E-state index in [9.17, 15) is 8.42 Å². The van der Waals surface area contributed by atoms with E-state index >= 15 is 0 Å². The molecule has 2 unspecified atom stereocenters. The maximum atomic E-state index is 12.5. The lowest BCUT2D eigenvalue weighted by molar-refractivity contribution is 0.505. The van der Waals surface area contributed by atoms with Crippen LogP contribution < -0.4 is 5.32 Å². The lowest BCUT2D eigenvalue weighted by atomic mass is 9.98. The van der Waals surface area contributed by atoms with Gasteiger partial charge >= 0.3 is 0 Å². The van der Waals surface area contributed by atoms with E-state index in [0.29, 0.717) is 11.3 Å². The minimum atomic E-state index is -3.17. The molecule has 1 aromatic rings. The minimum absolute atomic E-state index is 0.0562. The summed E-state index contributed by atoms with van der Waals surface area (Å²) < 4.78 is 25.0. The van der Waals surface area contributed by atoms with Crippen LogP contribution in [-0.4, -0.2) is 20.2 Å². The normalized spacial score (nSPS) is 25.1. The predicted octanol–water partition coefficient (Wildman–Crippen LogP) is 2.52. The van der Waals surface area contributed by atoms with Gasteiger partial charge in [0.1, 0.15) is 0 Å². The fourth-order valence-electron chi connectivity index (χ4n) is 2.76. The van der Waals surface area contributed by atoms with E-state index in [1.807, 2.05) is 39.8 Å². The van der Waals surface area contributed by atoms with Crippen LogP contribution in [-0.2, 0) is 9.84 Å². The predicted molar refractivity (Wildman–Crippen MR) is 73.6 cm³/mol. The van der Waals surface area contributed by atoms with Gasteiger partial charge in [-0.3, -0.25) is 0 Å². The van der Waals surface area contributed by atoms with Crippen LogP contribution in [0.2, 0.25) is 0 Å². The van der Waals surface area contributed by atoms with Gasteiger partial charge < -0.3 is 5.32 Å². The Kier molecular flexibility index (Phi) is 3.52. The Hall–Kier alpha value is -0.870. The summed E-state index contributed by atoms with van der Waals surface area (Å²) in [6, 6.07) is 3.81. The second kappa shape index (κ2) is 4.67. The number of fused-ring (bicyclic) bond motifs is 1. The standard InChI is InChI=1S/C14H21NO2S/c1-5-12-14(15-6-2)11-7-9(3)10(4)8-13(11)18(12,16)17/h7-8,12,14-15H,5-6H2,1-4H3. The third-order valence-corrected chi connectivity index (χ3v) is 6.23. The highest BCUT2D eigenvalue weighted by Crippen LogP contribution is 2.41. The molecule has 0 aromatic heterocycles. The Bertz CT molecular complexity index is 563. The van der Waals surface area contributed by atoms with Gasteiger partial charge in [-0.2, -0.15) is 0 Å². The van der Waals surface area contributed by atoms with Gasteiger partial charge in [-0.1, -0.05) is 19.9 Å². The van der Waals surface area contributed by atoms with Gasteiger partial charge in [0, 0.05) is 0 Å². The van der Waals surface area contributed by atoms with Crippen LogP contribution in [0.4, 0.5) is 0 Å². The molecular weight excluding hydrogens is 246 g/mol. The average molecular weight is 267 g/mol. The van der Waals surface area contributed by atoms with Gasteiger partial charge in [-0.25, -0.2) is 8.42 Å². The minimum Gasteiger partial charge on any atom is -0.309 e. The van der Waals surface area contributed by atoms with E-state index in [-0.39, 0.29) is 11.3 Å². The Balaban J connectivity index is 2.65. The summed E-state index contributed by atoms with van der Waals surface area (Å²) in [6.45, 7) is 8.73. The van der Waals surface area contributed by atoms with Gasteiger partial charge in [0.15, 0.2) is 9.84 Å². The van der Waals surface area contributed by atoms with Crippen molar-refractivity contribution in [3.8, 4) is 0 Å². The molecule has 3 nitrogen and oxygen atoms in total. The van der Waals surface area contributed by atoms with Crippen molar-refractivity contribution in [1.29, 1.82) is 0 Å². The number of hydrogen-bond acceptors (Lipinski definition) is 3. The van der Waals surface area contributed by atoms with E-state index in [1.54, 1.807) is 0 Å². The zero-order valence-corrected chi connectivity index (χ0v) is 12.3. The Morgan fingerprint density at radius 3 is 2.33 bits per heavy atom. The lowest BCUT2D eigenvalue weighted by Crippen LogP contribution is -2.31. The summed E-state index contributed by atoms with van der Waals surface area (Å²) in [5, 5.41) is 3.00. The fourth-order valence-corrected chi connectivity index (χ4v) is 4.98. The van der Waals surface area contributed by atoms with Crippen molar-refractivity contribution in [3.05, 3.63) is 28.8 Å². The fraction of sp³-hybridized carbons (Fsp3) is 0.571. The zero-order chi connectivity index (χ0) is 13.5. The average Bonchev–Trinajstić information content (AvgIpc) is 2.50. The summed E-state index contributed by atoms with van der Waals surface area (Å²) in [7, 11) is -3.17. The number of hydrogen-bond donors (Lipinski definition) is 1. The quantitative estimate of drug-likeness (QED) is 0.915. The molecule has 1 heterocycles. The molecule has 0 amide bonds. The molecule has 1 N–H and O–H groups in total. The van der Waals surface area contributed by atoms with Gasteiger partial charge in [-0.15, -0.1) is 0 Å². The highest BCUT2D eigenvalue weighted by molar-refractivity contribution is 7.92. The number of rotatable bonds is 3. The van der Waals surface area contributed by atoms with Crippen LogP contribution in [0, 0.1) is 13.8 Å². The Morgan fingerprint density at radius 1 is 1.17 bits per heavy atom. The molecule has 2 atom stereocenters. The molecule has 100 valence electrons. The van der Waals surface area contributed by atoms with Crippen molar-refractivity contribution < 1.29 is 8.42 Å². The first-order valence-corrected chi connectivity index (χ1v) is 8.06. The molecule has 0 spiro atoms. The number of benzene rings is 1. The third-order valence-electron chi connectivity index (χ3n) is 3.86. The van der Waals surface area contributed by atoms with Crippen molar-refractivity contribution in [1.82, 2.24) is 5.32 Å². The van der Waals surface area contributed by atoms with Crippen LogP contribution in [0.5, 0.6) is 0 Å². The summed E-state index contributed by atoms with van der Waals surface area (Å²) in [5.74, 6) is 0. The monoisotopic (exact) mass is 267 g/mol. The van der Waals surface area contributed by atoms with Crippen LogP contribution in [0.25, 0.3) is 0 Å². The second-order valence-corrected chi connectivity index (χ2v) is 7.14. The maximum absolute atomic E-state index is 12.5. The highest BCUT2D eigenvalue weighted by atomic mass is 32.2. The molecule has 4 heteroatoms. The molecular formula is C14H21NO2S. The largest absolute Gasteiger partial charge is 0.309 e. The molecule has 1 aromatic carbocycles. The van der Waals surface area contributed by atoms with Crippen LogP contribution in [0.15, 0.2) is 17.0 Å². The zero-order valence-electron chi connectivity index (χ0n) is 11.4. The molecule has 0 saturated carbocycles. The number of aryl methyl sites for hydroxylation is 2. The highest BCUT2D eigenvalue weighted by Gasteiger charge is 2.43. The van der Waals surface area contributed by atoms with Crippen LogP contribution >= 0.6 is 0 Å². The second-order valence-electron chi connectivity index (χ2n) is 5.00. The summed E-state index contributed by atoms with van der Waals surface area (Å²) >= 11 is 0. The van der Waals surface area contributed by atoms with E-state index in [2.05, 4.69) is 5.32 Å². The van der Waals surface area contributed by atoms with Crippen molar-refractivity contribution in [2.75, 3.05) is 6.54 Å². The number of nitrogens with one attached hydrogen (secondary N) is 1. The SMILES string of the molecule is CCNC1c2cc(C)c(C)cc2S(=O)(=O)C1CC. The van der Waals surface area contributed by atoms with Gasteiger partial charge in [0.05, 0.1) is 16.2 Å². The van der Waals surface area contributed by atoms with E-state index < -0.39 is 9.84 Å². The van der Waals surface area contributed by atoms with E-state index in [4.69, 9.17) is 0 Å². The van der Waals surface area contributed by atoms with Crippen molar-refractivity contribution in [2.45, 2.75) is 50.3 Å². The summed E-state index contributed by atoms with van der Waals surface area (Å²) in [4.78, 5) is 0.531. The lowest BCUT2D eigenvalue weighted by Gasteiger charge is -2.18. The topological polar surface area (TPSA) is 46.2 Å². The Labute approximate surface area is 110 Å². The molecule has 0 fully saturated rings.